The number of anilines is 1. The molecule has 0 aromatic heterocycles. The Balaban J connectivity index is 1.54. The van der Waals surface area contributed by atoms with Crippen molar-refractivity contribution in [3.8, 4) is 5.75 Å². The van der Waals surface area contributed by atoms with Crippen LogP contribution in [0, 0.1) is 6.92 Å². The minimum atomic E-state index is -3.56. The van der Waals surface area contributed by atoms with Crippen molar-refractivity contribution in [2.45, 2.75) is 44.7 Å². The van der Waals surface area contributed by atoms with Crippen LogP contribution in [0.5, 0.6) is 5.75 Å². The van der Waals surface area contributed by atoms with Crippen LogP contribution in [0.2, 0.25) is 0 Å². The van der Waals surface area contributed by atoms with Crippen LogP contribution in [0.15, 0.2) is 53.4 Å². The Hall–Kier alpha value is -2.09. The van der Waals surface area contributed by atoms with Crippen LogP contribution in [-0.2, 0) is 10.0 Å². The summed E-state index contributed by atoms with van der Waals surface area (Å²) in [6, 6.07) is 15.5. The van der Waals surface area contributed by atoms with Gasteiger partial charge in [-0.3, -0.25) is 4.90 Å². The van der Waals surface area contributed by atoms with Gasteiger partial charge in [0.15, 0.2) is 0 Å². The van der Waals surface area contributed by atoms with E-state index in [4.69, 9.17) is 4.74 Å². The second kappa shape index (κ2) is 9.81. The number of ether oxygens (including phenoxy) is 1. The molecule has 0 spiro atoms. The number of rotatable bonds is 8. The standard InChI is InChI=1S/C23H33N3O3S/c1-18(2)29-23-11-10-22(16-19(23)3)30(27,28)24-17-20(4)25-12-14-26(15-13-25)21-8-6-5-7-9-21/h5-11,16,18,20,24H,12-15,17H2,1-4H3. The van der Waals surface area contributed by atoms with Gasteiger partial charge in [0.05, 0.1) is 11.0 Å². The molecule has 164 valence electrons. The second-order valence-electron chi connectivity index (χ2n) is 8.15. The summed E-state index contributed by atoms with van der Waals surface area (Å²) in [7, 11) is -3.56. The van der Waals surface area contributed by atoms with Crippen LogP contribution in [0.4, 0.5) is 5.69 Å². The number of para-hydroxylation sites is 1. The highest BCUT2D eigenvalue weighted by Crippen LogP contribution is 2.23. The van der Waals surface area contributed by atoms with Gasteiger partial charge in [0.25, 0.3) is 0 Å². The Kier molecular flexibility index (Phi) is 7.39. The minimum absolute atomic E-state index is 0.0486. The number of sulfonamides is 1. The zero-order chi connectivity index (χ0) is 21.7. The van der Waals surface area contributed by atoms with E-state index in [1.807, 2.05) is 26.8 Å². The second-order valence-corrected chi connectivity index (χ2v) is 9.92. The summed E-state index contributed by atoms with van der Waals surface area (Å²) >= 11 is 0. The average Bonchev–Trinajstić information content (AvgIpc) is 2.74. The lowest BCUT2D eigenvalue weighted by molar-refractivity contribution is 0.198. The van der Waals surface area contributed by atoms with E-state index < -0.39 is 10.0 Å². The van der Waals surface area contributed by atoms with Gasteiger partial charge in [-0.1, -0.05) is 18.2 Å². The van der Waals surface area contributed by atoms with Crippen LogP contribution < -0.4 is 14.4 Å². The predicted octanol–water partition coefficient (Wildman–Crippen LogP) is 3.27. The third-order valence-electron chi connectivity index (χ3n) is 5.45. The van der Waals surface area contributed by atoms with E-state index in [2.05, 4.69) is 45.7 Å². The first-order valence-electron chi connectivity index (χ1n) is 10.6. The van der Waals surface area contributed by atoms with E-state index in [1.54, 1.807) is 18.2 Å². The predicted molar refractivity (Wildman–Crippen MR) is 122 cm³/mol. The maximum atomic E-state index is 12.8. The molecule has 3 rings (SSSR count). The topological polar surface area (TPSA) is 61.9 Å². The summed E-state index contributed by atoms with van der Waals surface area (Å²) in [5.41, 5.74) is 2.06. The molecule has 1 fully saturated rings. The molecule has 1 atom stereocenters. The number of nitrogens with one attached hydrogen (secondary N) is 1. The molecule has 7 heteroatoms. The molecule has 2 aromatic rings. The van der Waals surface area contributed by atoms with E-state index in [-0.39, 0.29) is 17.0 Å². The number of nitrogens with zero attached hydrogens (tertiary/aromatic N) is 2. The third kappa shape index (κ3) is 5.74. The first-order chi connectivity index (χ1) is 14.3. The van der Waals surface area contributed by atoms with Crippen LogP contribution in [0.3, 0.4) is 0 Å². The molecule has 0 amide bonds. The van der Waals surface area contributed by atoms with Crippen molar-refractivity contribution < 1.29 is 13.2 Å². The summed E-state index contributed by atoms with van der Waals surface area (Å²) in [4.78, 5) is 4.99. The lowest BCUT2D eigenvalue weighted by atomic mass is 10.2. The van der Waals surface area contributed by atoms with Gasteiger partial charge in [0.2, 0.25) is 10.0 Å². The van der Waals surface area contributed by atoms with Gasteiger partial charge in [-0.25, -0.2) is 13.1 Å². The van der Waals surface area contributed by atoms with Gasteiger partial charge in [0.1, 0.15) is 5.75 Å². The van der Waals surface area contributed by atoms with Crippen molar-refractivity contribution in [1.29, 1.82) is 0 Å². The Morgan fingerprint density at radius 3 is 2.27 bits per heavy atom. The Bertz CT molecular complexity index is 924. The zero-order valence-electron chi connectivity index (χ0n) is 18.3. The molecule has 1 N–H and O–H groups in total. The van der Waals surface area contributed by atoms with Crippen LogP contribution >= 0.6 is 0 Å². The maximum absolute atomic E-state index is 12.8. The fraction of sp³-hybridized carbons (Fsp3) is 0.478. The van der Waals surface area contributed by atoms with Crippen LogP contribution in [0.1, 0.15) is 26.3 Å². The molecular weight excluding hydrogens is 398 g/mol. The van der Waals surface area contributed by atoms with Gasteiger partial charge >= 0.3 is 0 Å². The minimum Gasteiger partial charge on any atom is -0.491 e. The number of aryl methyl sites for hydroxylation is 1. The van der Waals surface area contributed by atoms with Crippen molar-refractivity contribution in [3.63, 3.8) is 0 Å². The molecular formula is C23H33N3O3S. The molecule has 0 aliphatic carbocycles. The molecule has 1 heterocycles. The molecule has 1 aliphatic rings. The maximum Gasteiger partial charge on any atom is 0.240 e. The quantitative estimate of drug-likeness (QED) is 0.695. The molecule has 1 unspecified atom stereocenters. The van der Waals surface area contributed by atoms with Gasteiger partial charge in [-0.15, -0.1) is 0 Å². The third-order valence-corrected chi connectivity index (χ3v) is 6.87. The first kappa shape index (κ1) is 22.6. The normalized spacial score (nSPS) is 16.6. The Labute approximate surface area is 180 Å². The fourth-order valence-electron chi connectivity index (χ4n) is 3.68. The summed E-state index contributed by atoms with van der Waals surface area (Å²) in [5.74, 6) is 0.716. The molecule has 1 saturated heterocycles. The SMILES string of the molecule is Cc1cc(S(=O)(=O)NCC(C)N2CCN(c3ccccc3)CC2)ccc1OC(C)C. The highest BCUT2D eigenvalue weighted by atomic mass is 32.2. The van der Waals surface area contributed by atoms with E-state index in [0.717, 1.165) is 31.7 Å². The molecule has 1 aliphatic heterocycles. The van der Waals surface area contributed by atoms with Gasteiger partial charge in [-0.2, -0.15) is 0 Å². The first-order valence-corrected chi connectivity index (χ1v) is 12.1. The van der Waals surface area contributed by atoms with Crippen molar-refractivity contribution in [2.75, 3.05) is 37.6 Å². The molecule has 0 saturated carbocycles. The van der Waals surface area contributed by atoms with Gasteiger partial charge in [-0.05, 0) is 63.6 Å². The largest absolute Gasteiger partial charge is 0.491 e. The smallest absolute Gasteiger partial charge is 0.240 e. The molecule has 6 nitrogen and oxygen atoms in total. The lowest BCUT2D eigenvalue weighted by Crippen LogP contribution is -2.52. The molecule has 0 bridgehead atoms. The van der Waals surface area contributed by atoms with Crippen molar-refractivity contribution in [1.82, 2.24) is 9.62 Å². The van der Waals surface area contributed by atoms with E-state index in [1.165, 1.54) is 5.69 Å². The van der Waals surface area contributed by atoms with Gasteiger partial charge in [0, 0.05) is 44.5 Å². The fourth-order valence-corrected chi connectivity index (χ4v) is 4.88. The molecule has 30 heavy (non-hydrogen) atoms. The highest BCUT2D eigenvalue weighted by Gasteiger charge is 2.23. The monoisotopic (exact) mass is 431 g/mol. The van der Waals surface area contributed by atoms with Gasteiger partial charge < -0.3 is 9.64 Å². The summed E-state index contributed by atoms with van der Waals surface area (Å²) < 4.78 is 34.0. The molecule has 2 aromatic carbocycles. The van der Waals surface area contributed by atoms with E-state index in [9.17, 15) is 8.42 Å². The molecule has 0 radical (unpaired) electrons. The zero-order valence-corrected chi connectivity index (χ0v) is 19.2. The summed E-state index contributed by atoms with van der Waals surface area (Å²) in [6.45, 7) is 11.9. The summed E-state index contributed by atoms with van der Waals surface area (Å²) in [6.07, 6.45) is 0.0486. The van der Waals surface area contributed by atoms with Crippen molar-refractivity contribution >= 4 is 15.7 Å². The Morgan fingerprint density at radius 2 is 1.67 bits per heavy atom. The lowest BCUT2D eigenvalue weighted by Gasteiger charge is -2.39. The van der Waals surface area contributed by atoms with Crippen molar-refractivity contribution in [3.05, 3.63) is 54.1 Å². The average molecular weight is 432 g/mol. The van der Waals surface area contributed by atoms with Crippen molar-refractivity contribution in [2.24, 2.45) is 0 Å². The highest BCUT2D eigenvalue weighted by molar-refractivity contribution is 7.89. The summed E-state index contributed by atoms with van der Waals surface area (Å²) in [5, 5.41) is 0. The Morgan fingerprint density at radius 1 is 1.00 bits per heavy atom. The number of hydrogen-bond acceptors (Lipinski definition) is 5. The van der Waals surface area contributed by atoms with Crippen LogP contribution in [-0.4, -0.2) is 58.2 Å². The number of hydrogen-bond donors (Lipinski definition) is 1. The number of benzene rings is 2. The van der Waals surface area contributed by atoms with E-state index >= 15 is 0 Å². The van der Waals surface area contributed by atoms with E-state index in [0.29, 0.717) is 12.3 Å². The van der Waals surface area contributed by atoms with Crippen LogP contribution in [0.25, 0.3) is 0 Å². The number of piperazine rings is 1.